The van der Waals surface area contributed by atoms with Crippen molar-refractivity contribution < 1.29 is 18.7 Å². The highest BCUT2D eigenvalue weighted by atomic mass is 127. The third kappa shape index (κ3) is 7.06. The van der Waals surface area contributed by atoms with E-state index in [4.69, 9.17) is 14.5 Å². The van der Waals surface area contributed by atoms with Gasteiger partial charge in [-0.2, -0.15) is 0 Å². The quantitative estimate of drug-likeness (QED) is 0.111. The first-order chi connectivity index (χ1) is 23.2. The van der Waals surface area contributed by atoms with Gasteiger partial charge in [-0.3, -0.25) is 9.36 Å². The summed E-state index contributed by atoms with van der Waals surface area (Å²) in [7, 11) is 0. The van der Waals surface area contributed by atoms with Crippen LogP contribution in [0.4, 0.5) is 4.39 Å². The van der Waals surface area contributed by atoms with Gasteiger partial charge in [0.1, 0.15) is 18.2 Å². The summed E-state index contributed by atoms with van der Waals surface area (Å²) in [5, 5.41) is 0. The van der Waals surface area contributed by atoms with Crippen LogP contribution in [0.25, 0.3) is 11.8 Å². The number of fused-ring (bicyclic) bond motifs is 1. The number of carbonyl (C=O) groups is 1. The molecule has 6 nitrogen and oxygen atoms in total. The Morgan fingerprint density at radius 3 is 2.31 bits per heavy atom. The van der Waals surface area contributed by atoms with Crippen molar-refractivity contribution in [2.75, 3.05) is 6.61 Å². The molecule has 1 aliphatic rings. The number of hydrogen-bond donors (Lipinski definition) is 0. The predicted molar refractivity (Wildman–Crippen MR) is 204 cm³/mol. The van der Waals surface area contributed by atoms with Gasteiger partial charge in [0.25, 0.3) is 5.56 Å². The second-order valence-corrected chi connectivity index (χ2v) is 14.8. The molecular weight excluding hydrogens is 853 g/mol. The average Bonchev–Trinajstić information content (AvgIpc) is 3.38. The summed E-state index contributed by atoms with van der Waals surface area (Å²) < 4.78 is 29.5. The summed E-state index contributed by atoms with van der Waals surface area (Å²) in [5.41, 5.74) is 4.53. The molecule has 0 radical (unpaired) electrons. The Morgan fingerprint density at radius 2 is 1.67 bits per heavy atom. The Kier molecular flexibility index (Phi) is 10.6. The van der Waals surface area contributed by atoms with E-state index in [1.165, 1.54) is 17.4 Å². The first-order valence-corrected chi connectivity index (χ1v) is 18.4. The van der Waals surface area contributed by atoms with E-state index in [-0.39, 0.29) is 24.6 Å². The van der Waals surface area contributed by atoms with E-state index >= 15 is 0 Å². The maximum atomic E-state index is 14.3. The molecule has 6 rings (SSSR count). The molecule has 5 aromatic rings. The predicted octanol–water partition coefficient (Wildman–Crippen LogP) is 7.99. The molecular formula is C38H31FI2N2O4S. The van der Waals surface area contributed by atoms with E-state index < -0.39 is 12.0 Å². The topological polar surface area (TPSA) is 69.9 Å². The number of carbonyl (C=O) groups excluding carboxylic acids is 1. The normalized spacial score (nSPS) is 14.6. The van der Waals surface area contributed by atoms with Gasteiger partial charge in [-0.05, 0) is 99.0 Å². The molecule has 2 heterocycles. The Balaban J connectivity index is 1.49. The lowest BCUT2D eigenvalue weighted by Crippen LogP contribution is -2.40. The highest BCUT2D eigenvalue weighted by Crippen LogP contribution is 2.36. The highest BCUT2D eigenvalue weighted by Gasteiger charge is 2.35. The maximum absolute atomic E-state index is 14.3. The number of nitrogens with zero attached hydrogens (tertiary/aromatic N) is 2. The Morgan fingerprint density at radius 1 is 1.00 bits per heavy atom. The molecule has 0 aliphatic carbocycles. The number of benzene rings is 4. The van der Waals surface area contributed by atoms with Crippen LogP contribution < -0.4 is 19.6 Å². The van der Waals surface area contributed by atoms with Gasteiger partial charge in [-0.25, -0.2) is 14.2 Å². The second-order valence-electron chi connectivity index (χ2n) is 11.4. The third-order valence-electron chi connectivity index (χ3n) is 7.94. The molecule has 0 unspecified atom stereocenters. The van der Waals surface area contributed by atoms with Crippen LogP contribution in [0, 0.1) is 13.0 Å². The minimum absolute atomic E-state index is 0.0985. The number of esters is 1. The number of halogens is 3. The first-order valence-electron chi connectivity index (χ1n) is 15.4. The van der Waals surface area contributed by atoms with E-state index in [1.807, 2.05) is 72.8 Å². The third-order valence-corrected chi connectivity index (χ3v) is 10.5. The molecule has 0 N–H and O–H groups in total. The summed E-state index contributed by atoms with van der Waals surface area (Å²) in [4.78, 5) is 33.5. The fourth-order valence-corrected chi connectivity index (χ4v) is 8.67. The van der Waals surface area contributed by atoms with Crippen LogP contribution in [-0.4, -0.2) is 17.1 Å². The van der Waals surface area contributed by atoms with Gasteiger partial charge in [0.05, 0.1) is 35.6 Å². The summed E-state index contributed by atoms with van der Waals surface area (Å²) in [6.45, 7) is 6.30. The van der Waals surface area contributed by atoms with E-state index in [0.717, 1.165) is 29.4 Å². The van der Waals surface area contributed by atoms with E-state index in [0.29, 0.717) is 37.8 Å². The molecule has 0 saturated carbocycles. The fraction of sp³-hybridized carbons (Fsp3) is 0.184. The lowest BCUT2D eigenvalue weighted by molar-refractivity contribution is -0.138. The van der Waals surface area contributed by atoms with Crippen molar-refractivity contribution in [3.63, 3.8) is 0 Å². The largest absolute Gasteiger partial charge is 0.487 e. The highest BCUT2D eigenvalue weighted by molar-refractivity contribution is 14.1. The lowest BCUT2D eigenvalue weighted by atomic mass is 9.91. The average molecular weight is 885 g/mol. The number of ether oxygens (including phenoxy) is 2. The zero-order valence-corrected chi connectivity index (χ0v) is 31.5. The molecule has 48 heavy (non-hydrogen) atoms. The fourth-order valence-electron chi connectivity index (χ4n) is 5.54. The molecule has 10 heteroatoms. The van der Waals surface area contributed by atoms with Crippen molar-refractivity contribution in [1.82, 2.24) is 4.57 Å². The van der Waals surface area contributed by atoms with Gasteiger partial charge in [0.2, 0.25) is 0 Å². The summed E-state index contributed by atoms with van der Waals surface area (Å²) in [6, 6.07) is 27.2. The molecule has 0 fully saturated rings. The van der Waals surface area contributed by atoms with Gasteiger partial charge < -0.3 is 9.47 Å². The van der Waals surface area contributed by atoms with Crippen LogP contribution >= 0.6 is 56.5 Å². The van der Waals surface area contributed by atoms with E-state index in [2.05, 4.69) is 59.0 Å². The van der Waals surface area contributed by atoms with Crippen molar-refractivity contribution >= 4 is 74.3 Å². The zero-order chi connectivity index (χ0) is 33.9. The van der Waals surface area contributed by atoms with Crippen LogP contribution in [0.3, 0.4) is 0 Å². The molecule has 0 bridgehead atoms. The SMILES string of the molecule is CCOC(=O)C1=C(c2ccccc2)N=c2s/c(=C\c3cc(I)c(OCc4ccccc4F)c(I)c3)c(=O)n2[C@H]1c1ccc(C(C)C)cc1. The minimum Gasteiger partial charge on any atom is -0.487 e. The number of thiazole rings is 1. The second kappa shape index (κ2) is 14.9. The van der Waals surface area contributed by atoms with Crippen LogP contribution in [-0.2, 0) is 16.1 Å². The van der Waals surface area contributed by atoms with Gasteiger partial charge in [-0.15, -0.1) is 0 Å². The summed E-state index contributed by atoms with van der Waals surface area (Å²) >= 11 is 5.67. The molecule has 1 atom stereocenters. The molecule has 0 saturated heterocycles. The maximum Gasteiger partial charge on any atom is 0.338 e. The van der Waals surface area contributed by atoms with Crippen LogP contribution in [0.5, 0.6) is 5.75 Å². The first kappa shape index (κ1) is 34.3. The molecule has 4 aromatic carbocycles. The van der Waals surface area contributed by atoms with Gasteiger partial charge >= 0.3 is 5.97 Å². The Bertz CT molecular complexity index is 2190. The van der Waals surface area contributed by atoms with Gasteiger partial charge in [0.15, 0.2) is 4.80 Å². The summed E-state index contributed by atoms with van der Waals surface area (Å²) in [5.74, 6) is 0.143. The zero-order valence-electron chi connectivity index (χ0n) is 26.4. The van der Waals surface area contributed by atoms with Crippen molar-refractivity contribution in [2.24, 2.45) is 4.99 Å². The van der Waals surface area contributed by atoms with Crippen molar-refractivity contribution in [2.45, 2.75) is 39.3 Å². The minimum atomic E-state index is -0.742. The molecule has 1 aliphatic heterocycles. The monoisotopic (exact) mass is 884 g/mol. The lowest BCUT2D eigenvalue weighted by Gasteiger charge is -2.26. The Hall–Kier alpha value is -3.62. The van der Waals surface area contributed by atoms with Crippen molar-refractivity contribution in [1.29, 1.82) is 0 Å². The molecule has 0 spiro atoms. The molecule has 244 valence electrons. The van der Waals surface area contributed by atoms with Gasteiger partial charge in [0, 0.05) is 11.1 Å². The van der Waals surface area contributed by atoms with Crippen LogP contribution in [0.15, 0.2) is 106 Å². The van der Waals surface area contributed by atoms with Gasteiger partial charge in [-0.1, -0.05) is 98.0 Å². The van der Waals surface area contributed by atoms with E-state index in [1.54, 1.807) is 29.7 Å². The number of rotatable bonds is 9. The standard InChI is InChI=1S/C38H31FI2N2O4S/c1-4-46-37(45)32-33(25-10-6-5-7-11-25)42-38-43(34(32)26-16-14-24(15-17-26)22(2)3)36(44)31(48-38)20-23-18-29(40)35(30(41)19-23)47-21-27-12-8-9-13-28(27)39/h5-20,22,34H,4,21H2,1-3H3/b31-20-/t34-/m0/s1. The molecule has 0 amide bonds. The number of hydrogen-bond acceptors (Lipinski definition) is 6. The van der Waals surface area contributed by atoms with Crippen molar-refractivity contribution in [3.05, 3.63) is 157 Å². The van der Waals surface area contributed by atoms with Crippen molar-refractivity contribution in [3.8, 4) is 5.75 Å². The van der Waals surface area contributed by atoms with Crippen LogP contribution in [0.2, 0.25) is 0 Å². The van der Waals surface area contributed by atoms with E-state index in [9.17, 15) is 14.0 Å². The summed E-state index contributed by atoms with van der Waals surface area (Å²) in [6.07, 6.45) is 1.84. The van der Waals surface area contributed by atoms with Crippen LogP contribution in [0.1, 0.15) is 60.5 Å². The molecule has 1 aromatic heterocycles. The smallest absolute Gasteiger partial charge is 0.338 e. The number of aromatic nitrogens is 1. The Labute approximate surface area is 308 Å².